The van der Waals surface area contributed by atoms with Crippen LogP contribution in [-0.2, 0) is 6.54 Å². The molecule has 18 heavy (non-hydrogen) atoms. The number of imidazole rings is 1. The van der Waals surface area contributed by atoms with E-state index in [1.165, 1.54) is 12.8 Å². The highest BCUT2D eigenvalue weighted by molar-refractivity contribution is 6.17. The lowest BCUT2D eigenvalue weighted by atomic mass is 10.2. The number of fused-ring (bicyclic) bond motifs is 1. The number of unbranched alkanes of at least 4 members (excludes halogenated alkanes) is 2. The van der Waals surface area contributed by atoms with Gasteiger partial charge in [0.2, 0.25) is 0 Å². The van der Waals surface area contributed by atoms with Crippen LogP contribution in [-0.4, -0.2) is 33.8 Å². The number of rotatable bonds is 7. The molecule has 0 N–H and O–H groups in total. The standard InChI is InChI=1S/C14H20ClN3/c1-17(9-5-2-4-8-15)11-13-12-18-10-6-3-7-14(18)16-13/h3,6-7,10,12H,2,4-5,8-9,11H2,1H3. The molecule has 0 aliphatic heterocycles. The Bertz CT molecular complexity index is 448. The van der Waals surface area contributed by atoms with Crippen molar-refractivity contribution in [2.75, 3.05) is 19.5 Å². The molecular formula is C14H20ClN3. The van der Waals surface area contributed by atoms with Crippen molar-refractivity contribution in [3.8, 4) is 0 Å². The van der Waals surface area contributed by atoms with Gasteiger partial charge in [0.05, 0.1) is 5.69 Å². The van der Waals surface area contributed by atoms with Crippen LogP contribution in [0.15, 0.2) is 30.6 Å². The maximum Gasteiger partial charge on any atom is 0.137 e. The molecule has 0 radical (unpaired) electrons. The van der Waals surface area contributed by atoms with Crippen LogP contribution in [0.5, 0.6) is 0 Å². The fourth-order valence-electron chi connectivity index (χ4n) is 2.07. The van der Waals surface area contributed by atoms with Gasteiger partial charge in [0.25, 0.3) is 0 Å². The summed E-state index contributed by atoms with van der Waals surface area (Å²) in [6.45, 7) is 2.01. The van der Waals surface area contributed by atoms with Crippen LogP contribution in [0.1, 0.15) is 25.0 Å². The molecule has 2 aromatic rings. The van der Waals surface area contributed by atoms with Crippen molar-refractivity contribution in [1.29, 1.82) is 0 Å². The zero-order valence-corrected chi connectivity index (χ0v) is 11.6. The fourth-order valence-corrected chi connectivity index (χ4v) is 2.26. The summed E-state index contributed by atoms with van der Waals surface area (Å²) >= 11 is 5.67. The molecule has 0 bridgehead atoms. The highest BCUT2D eigenvalue weighted by atomic mass is 35.5. The Labute approximate surface area is 113 Å². The van der Waals surface area contributed by atoms with Gasteiger partial charge in [-0.15, -0.1) is 11.6 Å². The first-order valence-electron chi connectivity index (χ1n) is 6.47. The number of hydrogen-bond donors (Lipinski definition) is 0. The molecule has 0 aliphatic carbocycles. The maximum absolute atomic E-state index is 5.67. The van der Waals surface area contributed by atoms with Crippen LogP contribution in [0, 0.1) is 0 Å². The molecule has 0 fully saturated rings. The highest BCUT2D eigenvalue weighted by Crippen LogP contribution is 2.07. The lowest BCUT2D eigenvalue weighted by Gasteiger charge is -2.14. The van der Waals surface area contributed by atoms with Crippen molar-refractivity contribution in [3.63, 3.8) is 0 Å². The molecule has 0 amide bonds. The summed E-state index contributed by atoms with van der Waals surface area (Å²) in [6.07, 6.45) is 7.66. The van der Waals surface area contributed by atoms with Crippen LogP contribution < -0.4 is 0 Å². The third-order valence-corrected chi connectivity index (χ3v) is 3.29. The molecule has 2 aromatic heterocycles. The Hall–Kier alpha value is -1.06. The minimum absolute atomic E-state index is 0.774. The molecule has 0 saturated carbocycles. The van der Waals surface area contributed by atoms with Crippen molar-refractivity contribution in [2.24, 2.45) is 0 Å². The number of hydrogen-bond acceptors (Lipinski definition) is 2. The van der Waals surface area contributed by atoms with Gasteiger partial charge < -0.3 is 9.30 Å². The molecule has 98 valence electrons. The fraction of sp³-hybridized carbons (Fsp3) is 0.500. The first kappa shape index (κ1) is 13.4. The van der Waals surface area contributed by atoms with E-state index in [-0.39, 0.29) is 0 Å². The van der Waals surface area contributed by atoms with E-state index in [1.807, 2.05) is 24.4 Å². The maximum atomic E-state index is 5.67. The third kappa shape index (κ3) is 3.72. The van der Waals surface area contributed by atoms with E-state index in [4.69, 9.17) is 11.6 Å². The molecule has 4 heteroatoms. The zero-order valence-electron chi connectivity index (χ0n) is 10.8. The van der Waals surface area contributed by atoms with Gasteiger partial charge in [0.1, 0.15) is 5.65 Å². The van der Waals surface area contributed by atoms with Gasteiger partial charge in [0, 0.05) is 24.8 Å². The van der Waals surface area contributed by atoms with Crippen LogP contribution >= 0.6 is 11.6 Å². The van der Waals surface area contributed by atoms with E-state index in [9.17, 15) is 0 Å². The number of halogens is 1. The monoisotopic (exact) mass is 265 g/mol. The lowest BCUT2D eigenvalue weighted by molar-refractivity contribution is 0.315. The predicted molar refractivity (Wildman–Crippen MR) is 76.1 cm³/mol. The van der Waals surface area contributed by atoms with Gasteiger partial charge in [-0.05, 0) is 38.6 Å². The molecule has 0 aromatic carbocycles. The lowest BCUT2D eigenvalue weighted by Crippen LogP contribution is -2.19. The van der Waals surface area contributed by atoms with Crippen molar-refractivity contribution < 1.29 is 0 Å². The first-order chi connectivity index (χ1) is 8.79. The van der Waals surface area contributed by atoms with Crippen LogP contribution in [0.3, 0.4) is 0 Å². The largest absolute Gasteiger partial charge is 0.307 e. The molecule has 0 atom stereocenters. The predicted octanol–water partition coefficient (Wildman–Crippen LogP) is 3.18. The van der Waals surface area contributed by atoms with Crippen molar-refractivity contribution in [3.05, 3.63) is 36.3 Å². The van der Waals surface area contributed by atoms with Gasteiger partial charge in [-0.3, -0.25) is 0 Å². The average molecular weight is 266 g/mol. The van der Waals surface area contributed by atoms with Gasteiger partial charge in [-0.2, -0.15) is 0 Å². The van der Waals surface area contributed by atoms with Gasteiger partial charge in [-0.1, -0.05) is 12.5 Å². The summed E-state index contributed by atoms with van der Waals surface area (Å²) in [5.74, 6) is 0.774. The Morgan fingerprint density at radius 2 is 2.17 bits per heavy atom. The highest BCUT2D eigenvalue weighted by Gasteiger charge is 2.04. The van der Waals surface area contributed by atoms with E-state index in [0.717, 1.165) is 36.7 Å². The summed E-state index contributed by atoms with van der Waals surface area (Å²) in [7, 11) is 2.14. The number of alkyl halides is 1. The second kappa shape index (κ2) is 6.76. The number of nitrogens with zero attached hydrogens (tertiary/aromatic N) is 3. The minimum Gasteiger partial charge on any atom is -0.307 e. The van der Waals surface area contributed by atoms with Gasteiger partial charge >= 0.3 is 0 Å². The summed E-state index contributed by atoms with van der Waals surface area (Å²) in [6, 6.07) is 6.07. The summed E-state index contributed by atoms with van der Waals surface area (Å²) in [5.41, 5.74) is 2.14. The van der Waals surface area contributed by atoms with E-state index >= 15 is 0 Å². The molecule has 3 nitrogen and oxygen atoms in total. The first-order valence-corrected chi connectivity index (χ1v) is 7.00. The van der Waals surface area contributed by atoms with E-state index in [1.54, 1.807) is 0 Å². The molecular weight excluding hydrogens is 246 g/mol. The molecule has 2 rings (SSSR count). The molecule has 0 unspecified atom stereocenters. The SMILES string of the molecule is CN(CCCCCCl)Cc1cn2ccccc2n1. The zero-order chi connectivity index (χ0) is 12.8. The quantitative estimate of drug-likeness (QED) is 0.566. The summed E-state index contributed by atoms with van der Waals surface area (Å²) in [4.78, 5) is 6.91. The van der Waals surface area contributed by atoms with E-state index in [2.05, 4.69) is 27.5 Å². The van der Waals surface area contributed by atoms with Crippen molar-refractivity contribution in [1.82, 2.24) is 14.3 Å². The Morgan fingerprint density at radius 3 is 2.94 bits per heavy atom. The molecule has 0 spiro atoms. The summed E-state index contributed by atoms with van der Waals surface area (Å²) in [5, 5.41) is 0. The molecule has 2 heterocycles. The van der Waals surface area contributed by atoms with Crippen LogP contribution in [0.25, 0.3) is 5.65 Å². The molecule has 0 aliphatic rings. The molecule has 0 saturated heterocycles. The van der Waals surface area contributed by atoms with Crippen molar-refractivity contribution >= 4 is 17.2 Å². The Balaban J connectivity index is 1.84. The van der Waals surface area contributed by atoms with Gasteiger partial charge in [-0.25, -0.2) is 4.98 Å². The number of aromatic nitrogens is 2. The van der Waals surface area contributed by atoms with Crippen LogP contribution in [0.4, 0.5) is 0 Å². The number of pyridine rings is 1. The smallest absolute Gasteiger partial charge is 0.137 e. The second-order valence-corrected chi connectivity index (χ2v) is 5.06. The Morgan fingerprint density at radius 1 is 1.28 bits per heavy atom. The van der Waals surface area contributed by atoms with Crippen molar-refractivity contribution in [2.45, 2.75) is 25.8 Å². The van der Waals surface area contributed by atoms with E-state index in [0.29, 0.717) is 0 Å². The normalized spacial score (nSPS) is 11.5. The topological polar surface area (TPSA) is 20.5 Å². The van der Waals surface area contributed by atoms with E-state index < -0.39 is 0 Å². The Kier molecular flexibility index (Phi) is 5.02. The van der Waals surface area contributed by atoms with Gasteiger partial charge in [0.15, 0.2) is 0 Å². The van der Waals surface area contributed by atoms with Crippen LogP contribution in [0.2, 0.25) is 0 Å². The minimum atomic E-state index is 0.774. The average Bonchev–Trinajstić information content (AvgIpc) is 2.76. The second-order valence-electron chi connectivity index (χ2n) is 4.69. The third-order valence-electron chi connectivity index (χ3n) is 3.02. The summed E-state index contributed by atoms with van der Waals surface area (Å²) < 4.78 is 2.07.